The van der Waals surface area contributed by atoms with Crippen molar-refractivity contribution in [2.24, 2.45) is 5.92 Å². The number of carbonyl (C=O) groups is 1. The van der Waals surface area contributed by atoms with Crippen LogP contribution in [0.2, 0.25) is 10.0 Å². The van der Waals surface area contributed by atoms with E-state index in [4.69, 9.17) is 23.2 Å². The monoisotopic (exact) mass is 445 g/mol. The minimum atomic E-state index is -0.133. The molecule has 0 aromatic heterocycles. The number of halogens is 2. The molecule has 0 spiro atoms. The third kappa shape index (κ3) is 5.69. The summed E-state index contributed by atoms with van der Waals surface area (Å²) in [5.41, 5.74) is 2.13. The van der Waals surface area contributed by atoms with Crippen molar-refractivity contribution in [2.75, 3.05) is 18.4 Å². The lowest BCUT2D eigenvalue weighted by Crippen LogP contribution is -2.52. The molecule has 2 aromatic rings. The first-order chi connectivity index (χ1) is 14.6. The van der Waals surface area contributed by atoms with Crippen LogP contribution in [0.25, 0.3) is 0 Å². The third-order valence-electron chi connectivity index (χ3n) is 6.45. The maximum Gasteiger partial charge on any atom is 0.319 e. The highest BCUT2D eigenvalue weighted by Crippen LogP contribution is 2.30. The summed E-state index contributed by atoms with van der Waals surface area (Å²) in [7, 11) is 0. The number of rotatable bonds is 5. The van der Waals surface area contributed by atoms with E-state index in [9.17, 15) is 4.79 Å². The zero-order valence-corrected chi connectivity index (χ0v) is 18.6. The Bertz CT molecular complexity index is 833. The van der Waals surface area contributed by atoms with Gasteiger partial charge in [-0.2, -0.15) is 0 Å². The van der Waals surface area contributed by atoms with Crippen molar-refractivity contribution in [1.29, 1.82) is 0 Å². The van der Waals surface area contributed by atoms with Crippen LogP contribution in [-0.2, 0) is 6.42 Å². The number of benzene rings is 2. The first-order valence-corrected chi connectivity index (χ1v) is 11.6. The Labute approximate surface area is 188 Å². The molecule has 1 aliphatic carbocycles. The van der Waals surface area contributed by atoms with Crippen LogP contribution in [0.15, 0.2) is 48.5 Å². The summed E-state index contributed by atoms with van der Waals surface area (Å²) in [6.07, 6.45) is 6.92. The number of hydrogen-bond acceptors (Lipinski definition) is 2. The molecule has 30 heavy (non-hydrogen) atoms. The lowest BCUT2D eigenvalue weighted by molar-refractivity contribution is 0.119. The number of likely N-dealkylation sites (tertiary alicyclic amines) is 1. The summed E-state index contributed by atoms with van der Waals surface area (Å²) in [5.74, 6) is 0.725. The first-order valence-electron chi connectivity index (χ1n) is 10.9. The topological polar surface area (TPSA) is 44.4 Å². The second-order valence-corrected chi connectivity index (χ2v) is 9.39. The van der Waals surface area contributed by atoms with Gasteiger partial charge in [0.05, 0.1) is 0 Å². The molecular formula is C24H29Cl2N3O. The minimum absolute atomic E-state index is 0.133. The molecule has 0 bridgehead atoms. The van der Waals surface area contributed by atoms with Crippen LogP contribution in [0.3, 0.4) is 0 Å². The number of amides is 2. The van der Waals surface area contributed by atoms with E-state index in [1.54, 1.807) is 12.1 Å². The van der Waals surface area contributed by atoms with E-state index >= 15 is 0 Å². The summed E-state index contributed by atoms with van der Waals surface area (Å²) in [6.45, 7) is 2.22. The zero-order valence-electron chi connectivity index (χ0n) is 17.1. The zero-order chi connectivity index (χ0) is 20.9. The van der Waals surface area contributed by atoms with Crippen LogP contribution >= 0.6 is 23.2 Å². The van der Waals surface area contributed by atoms with E-state index in [1.807, 2.05) is 24.3 Å². The number of hydrogen-bond donors (Lipinski definition) is 2. The number of nitrogens with one attached hydrogen (secondary N) is 2. The second-order valence-electron chi connectivity index (χ2n) is 8.52. The number of urea groups is 1. The highest BCUT2D eigenvalue weighted by atomic mass is 35.5. The average Bonchev–Trinajstić information content (AvgIpc) is 3.20. The molecule has 1 saturated heterocycles. The molecule has 2 N–H and O–H groups in total. The molecule has 2 aliphatic rings. The van der Waals surface area contributed by atoms with E-state index in [0.717, 1.165) is 49.0 Å². The molecule has 2 unspecified atom stereocenters. The Morgan fingerprint density at radius 3 is 2.20 bits per heavy atom. The van der Waals surface area contributed by atoms with Gasteiger partial charge in [0, 0.05) is 27.8 Å². The molecule has 2 fully saturated rings. The summed E-state index contributed by atoms with van der Waals surface area (Å²) in [5, 5.41) is 7.59. The van der Waals surface area contributed by atoms with Gasteiger partial charge in [-0.25, -0.2) is 4.79 Å². The van der Waals surface area contributed by atoms with Gasteiger partial charge in [0.15, 0.2) is 0 Å². The summed E-state index contributed by atoms with van der Waals surface area (Å²) >= 11 is 11.9. The smallest absolute Gasteiger partial charge is 0.319 e. The summed E-state index contributed by atoms with van der Waals surface area (Å²) < 4.78 is 0. The average molecular weight is 446 g/mol. The van der Waals surface area contributed by atoms with Gasteiger partial charge >= 0.3 is 6.03 Å². The van der Waals surface area contributed by atoms with Crippen LogP contribution in [0, 0.1) is 5.92 Å². The molecule has 1 aliphatic heterocycles. The SMILES string of the molecule is O=C(Nc1ccc(Cl)cc1)NC1CCCC1N1CCC(Cc2ccc(Cl)cc2)CC1. The maximum absolute atomic E-state index is 12.5. The maximum atomic E-state index is 12.5. The van der Waals surface area contributed by atoms with Crippen LogP contribution < -0.4 is 10.6 Å². The van der Waals surface area contributed by atoms with Crippen LogP contribution in [0.5, 0.6) is 0 Å². The molecular weight excluding hydrogens is 417 g/mol. The van der Waals surface area contributed by atoms with E-state index in [-0.39, 0.29) is 12.1 Å². The van der Waals surface area contributed by atoms with Crippen LogP contribution in [0.4, 0.5) is 10.5 Å². The lowest BCUT2D eigenvalue weighted by Gasteiger charge is -2.38. The fourth-order valence-electron chi connectivity index (χ4n) is 4.86. The first kappa shape index (κ1) is 21.5. The van der Waals surface area contributed by atoms with Crippen molar-refractivity contribution >= 4 is 34.9 Å². The molecule has 2 atom stereocenters. The largest absolute Gasteiger partial charge is 0.334 e. The van der Waals surface area contributed by atoms with Crippen molar-refractivity contribution in [1.82, 2.24) is 10.2 Å². The molecule has 1 heterocycles. The van der Waals surface area contributed by atoms with Crippen molar-refractivity contribution in [3.05, 3.63) is 64.1 Å². The highest BCUT2D eigenvalue weighted by Gasteiger charge is 2.35. The van der Waals surface area contributed by atoms with E-state index in [0.29, 0.717) is 11.1 Å². The van der Waals surface area contributed by atoms with Gasteiger partial charge in [-0.15, -0.1) is 0 Å². The number of piperidine rings is 1. The van der Waals surface area contributed by atoms with Gasteiger partial charge in [-0.1, -0.05) is 35.3 Å². The standard InChI is InChI=1S/C24H29Cl2N3O/c25-19-6-4-17(5-7-19)16-18-12-14-29(15-13-18)23-3-1-2-22(23)28-24(30)27-21-10-8-20(26)9-11-21/h4-11,18,22-23H,1-3,12-16H2,(H2,27,28,30). The lowest BCUT2D eigenvalue weighted by atomic mass is 9.89. The van der Waals surface area contributed by atoms with Gasteiger partial charge in [0.25, 0.3) is 0 Å². The minimum Gasteiger partial charge on any atom is -0.334 e. The number of anilines is 1. The van der Waals surface area contributed by atoms with Gasteiger partial charge < -0.3 is 10.6 Å². The second kappa shape index (κ2) is 10.0. The molecule has 2 amide bonds. The third-order valence-corrected chi connectivity index (χ3v) is 6.96. The molecule has 6 heteroatoms. The Kier molecular flexibility index (Phi) is 7.19. The molecule has 4 nitrogen and oxygen atoms in total. The van der Waals surface area contributed by atoms with Crippen LogP contribution in [0.1, 0.15) is 37.7 Å². The Balaban J connectivity index is 1.26. The fourth-order valence-corrected chi connectivity index (χ4v) is 5.11. The number of nitrogens with zero attached hydrogens (tertiary/aromatic N) is 1. The van der Waals surface area contributed by atoms with Crippen molar-refractivity contribution in [3.8, 4) is 0 Å². The number of carbonyl (C=O) groups excluding carboxylic acids is 1. The van der Waals surface area contributed by atoms with Gasteiger partial charge in [-0.3, -0.25) is 4.90 Å². The van der Waals surface area contributed by atoms with Crippen molar-refractivity contribution < 1.29 is 4.79 Å². The molecule has 160 valence electrons. The predicted molar refractivity (Wildman–Crippen MR) is 124 cm³/mol. The Morgan fingerprint density at radius 1 is 0.900 bits per heavy atom. The van der Waals surface area contributed by atoms with Gasteiger partial charge in [0.1, 0.15) is 0 Å². The van der Waals surface area contributed by atoms with E-state index < -0.39 is 0 Å². The summed E-state index contributed by atoms with van der Waals surface area (Å²) in [6, 6.07) is 16.0. The summed E-state index contributed by atoms with van der Waals surface area (Å²) in [4.78, 5) is 15.1. The Morgan fingerprint density at radius 2 is 1.53 bits per heavy atom. The van der Waals surface area contributed by atoms with Gasteiger partial charge in [-0.05, 0) is 99.5 Å². The van der Waals surface area contributed by atoms with Crippen LogP contribution in [-0.4, -0.2) is 36.1 Å². The highest BCUT2D eigenvalue weighted by molar-refractivity contribution is 6.30. The molecule has 0 radical (unpaired) electrons. The predicted octanol–water partition coefficient (Wildman–Crippen LogP) is 5.99. The van der Waals surface area contributed by atoms with Crippen molar-refractivity contribution in [3.63, 3.8) is 0 Å². The quantitative estimate of drug-likeness (QED) is 0.593. The Hall–Kier alpha value is -1.75. The molecule has 1 saturated carbocycles. The van der Waals surface area contributed by atoms with E-state index in [2.05, 4.69) is 27.7 Å². The molecule has 4 rings (SSSR count). The van der Waals surface area contributed by atoms with Crippen molar-refractivity contribution in [2.45, 2.75) is 50.6 Å². The fraction of sp³-hybridized carbons (Fsp3) is 0.458. The normalized spacial score (nSPS) is 22.7. The van der Waals surface area contributed by atoms with Gasteiger partial charge in [0.2, 0.25) is 0 Å². The van der Waals surface area contributed by atoms with E-state index in [1.165, 1.54) is 24.8 Å². The molecule has 2 aromatic carbocycles.